The molecule has 7 heteroatoms. The molecule has 19 heavy (non-hydrogen) atoms. The van der Waals surface area contributed by atoms with Gasteiger partial charge in [0.15, 0.2) is 0 Å². The zero-order chi connectivity index (χ0) is 14.0. The lowest BCUT2D eigenvalue weighted by molar-refractivity contribution is 0.347. The predicted octanol–water partition coefficient (Wildman–Crippen LogP) is 1.25. The first-order valence-electron chi connectivity index (χ1n) is 6.15. The van der Waals surface area contributed by atoms with Gasteiger partial charge >= 0.3 is 0 Å². The Labute approximate surface area is 119 Å². The van der Waals surface area contributed by atoms with Gasteiger partial charge in [-0.25, -0.2) is 8.42 Å². The van der Waals surface area contributed by atoms with Crippen LogP contribution in [-0.4, -0.2) is 50.8 Å². The van der Waals surface area contributed by atoms with Gasteiger partial charge in [-0.05, 0) is 38.2 Å². The number of nitrogens with two attached hydrogens (primary N) is 1. The van der Waals surface area contributed by atoms with Crippen molar-refractivity contribution in [1.29, 1.82) is 0 Å². The molecular formula is C12H18ClN3O2S. The van der Waals surface area contributed by atoms with Crippen LogP contribution in [0.1, 0.15) is 6.42 Å². The van der Waals surface area contributed by atoms with Gasteiger partial charge in [0.2, 0.25) is 10.0 Å². The molecule has 1 aliphatic rings. The van der Waals surface area contributed by atoms with Crippen LogP contribution in [0, 0.1) is 0 Å². The summed E-state index contributed by atoms with van der Waals surface area (Å²) in [5.41, 5.74) is 5.98. The second-order valence-corrected chi connectivity index (χ2v) is 7.09. The fraction of sp³-hybridized carbons (Fsp3) is 0.500. The molecule has 0 aliphatic carbocycles. The van der Waals surface area contributed by atoms with Gasteiger partial charge in [-0.1, -0.05) is 11.6 Å². The number of nitrogen functional groups attached to an aromatic ring is 1. The maximum atomic E-state index is 12.6. The molecular weight excluding hydrogens is 286 g/mol. The summed E-state index contributed by atoms with van der Waals surface area (Å²) < 4.78 is 26.6. The molecule has 1 aliphatic heterocycles. The largest absolute Gasteiger partial charge is 0.398 e. The van der Waals surface area contributed by atoms with E-state index in [-0.39, 0.29) is 10.6 Å². The molecule has 1 heterocycles. The molecule has 0 aromatic heterocycles. The van der Waals surface area contributed by atoms with Crippen molar-refractivity contribution in [3.8, 4) is 0 Å². The summed E-state index contributed by atoms with van der Waals surface area (Å²) in [6.45, 7) is 2.64. The highest BCUT2D eigenvalue weighted by molar-refractivity contribution is 7.89. The van der Waals surface area contributed by atoms with E-state index in [1.54, 1.807) is 6.07 Å². The molecule has 0 spiro atoms. The van der Waals surface area contributed by atoms with Gasteiger partial charge in [-0.2, -0.15) is 4.31 Å². The number of likely N-dealkylation sites (N-methyl/N-ethyl adjacent to an activating group) is 1. The molecule has 0 saturated carbocycles. The van der Waals surface area contributed by atoms with Crippen LogP contribution >= 0.6 is 11.6 Å². The number of nitrogens with zero attached hydrogens (tertiary/aromatic N) is 2. The van der Waals surface area contributed by atoms with Crippen molar-refractivity contribution in [2.45, 2.75) is 11.3 Å². The van der Waals surface area contributed by atoms with Gasteiger partial charge in [0.05, 0.1) is 5.69 Å². The van der Waals surface area contributed by atoms with Crippen LogP contribution < -0.4 is 5.73 Å². The highest BCUT2D eigenvalue weighted by Gasteiger charge is 2.27. The minimum Gasteiger partial charge on any atom is -0.398 e. The monoisotopic (exact) mass is 303 g/mol. The number of halogens is 1. The molecule has 1 aromatic carbocycles. The summed E-state index contributed by atoms with van der Waals surface area (Å²) in [5.74, 6) is 0. The summed E-state index contributed by atoms with van der Waals surface area (Å²) in [5, 5.41) is 0.437. The summed E-state index contributed by atoms with van der Waals surface area (Å²) in [6, 6.07) is 4.49. The lowest BCUT2D eigenvalue weighted by Crippen LogP contribution is -2.34. The molecule has 2 N–H and O–H groups in total. The molecule has 2 rings (SSSR count). The summed E-state index contributed by atoms with van der Waals surface area (Å²) in [4.78, 5) is 2.27. The van der Waals surface area contributed by atoms with E-state index in [1.807, 2.05) is 7.05 Å². The Morgan fingerprint density at radius 3 is 2.63 bits per heavy atom. The second kappa shape index (κ2) is 5.66. The Bertz CT molecular complexity index is 562. The van der Waals surface area contributed by atoms with E-state index >= 15 is 0 Å². The molecule has 106 valence electrons. The van der Waals surface area contributed by atoms with Crippen molar-refractivity contribution in [2.75, 3.05) is 39.0 Å². The van der Waals surface area contributed by atoms with E-state index in [0.29, 0.717) is 18.1 Å². The number of hydrogen-bond donors (Lipinski definition) is 1. The van der Waals surface area contributed by atoms with Crippen molar-refractivity contribution in [2.24, 2.45) is 0 Å². The van der Waals surface area contributed by atoms with E-state index in [1.165, 1.54) is 16.4 Å². The minimum atomic E-state index is -3.53. The Morgan fingerprint density at radius 2 is 1.95 bits per heavy atom. The first-order valence-corrected chi connectivity index (χ1v) is 7.97. The highest BCUT2D eigenvalue weighted by Crippen LogP contribution is 2.26. The third-order valence-electron chi connectivity index (χ3n) is 3.27. The minimum absolute atomic E-state index is 0.140. The maximum absolute atomic E-state index is 12.6. The van der Waals surface area contributed by atoms with E-state index < -0.39 is 10.0 Å². The van der Waals surface area contributed by atoms with Crippen LogP contribution in [0.4, 0.5) is 5.69 Å². The van der Waals surface area contributed by atoms with Crippen molar-refractivity contribution in [3.05, 3.63) is 23.2 Å². The zero-order valence-electron chi connectivity index (χ0n) is 10.8. The molecule has 0 unspecified atom stereocenters. The summed E-state index contributed by atoms with van der Waals surface area (Å²) >= 11 is 5.80. The van der Waals surface area contributed by atoms with Gasteiger partial charge in [-0.15, -0.1) is 0 Å². The van der Waals surface area contributed by atoms with Crippen LogP contribution in [-0.2, 0) is 10.0 Å². The van der Waals surface area contributed by atoms with E-state index in [9.17, 15) is 8.42 Å². The second-order valence-electron chi connectivity index (χ2n) is 4.74. The number of hydrogen-bond acceptors (Lipinski definition) is 4. The van der Waals surface area contributed by atoms with Crippen LogP contribution in [0.2, 0.25) is 5.02 Å². The van der Waals surface area contributed by atoms with Crippen LogP contribution in [0.15, 0.2) is 23.1 Å². The Kier molecular flexibility index (Phi) is 4.35. The number of anilines is 1. The topological polar surface area (TPSA) is 66.6 Å². The fourth-order valence-corrected chi connectivity index (χ4v) is 3.90. The molecule has 0 atom stereocenters. The molecule has 5 nitrogen and oxygen atoms in total. The highest BCUT2D eigenvalue weighted by atomic mass is 35.5. The molecule has 0 amide bonds. The standard InChI is InChI=1S/C12H18ClN3O2S/c1-15-5-2-6-16(8-7-15)19(17,18)12-4-3-10(13)9-11(12)14/h3-4,9H,2,5-8,14H2,1H3. The first-order chi connectivity index (χ1) is 8.91. The smallest absolute Gasteiger partial charge is 0.245 e. The van der Waals surface area contributed by atoms with Crippen molar-refractivity contribution in [1.82, 2.24) is 9.21 Å². The molecule has 0 bridgehead atoms. The van der Waals surface area contributed by atoms with E-state index in [0.717, 1.165) is 19.5 Å². The predicted molar refractivity (Wildman–Crippen MR) is 76.7 cm³/mol. The number of sulfonamides is 1. The van der Waals surface area contributed by atoms with E-state index in [2.05, 4.69) is 4.90 Å². The lowest BCUT2D eigenvalue weighted by atomic mass is 10.3. The SMILES string of the molecule is CN1CCCN(S(=O)(=O)c2ccc(Cl)cc2N)CC1. The Balaban J connectivity index is 2.31. The third kappa shape index (κ3) is 3.20. The average molecular weight is 304 g/mol. The summed E-state index contributed by atoms with van der Waals surface area (Å²) in [7, 11) is -1.54. The van der Waals surface area contributed by atoms with Gasteiger partial charge in [-0.3, -0.25) is 0 Å². The Hall–Kier alpha value is -0.820. The Morgan fingerprint density at radius 1 is 1.21 bits per heavy atom. The number of rotatable bonds is 2. The molecule has 0 radical (unpaired) electrons. The van der Waals surface area contributed by atoms with Gasteiger partial charge < -0.3 is 10.6 Å². The fourth-order valence-electron chi connectivity index (χ4n) is 2.16. The van der Waals surface area contributed by atoms with Crippen molar-refractivity contribution < 1.29 is 8.42 Å². The molecule has 1 fully saturated rings. The van der Waals surface area contributed by atoms with Crippen LogP contribution in [0.3, 0.4) is 0 Å². The zero-order valence-corrected chi connectivity index (χ0v) is 12.4. The first kappa shape index (κ1) is 14.6. The average Bonchev–Trinajstić information content (AvgIpc) is 2.53. The quantitative estimate of drug-likeness (QED) is 0.835. The van der Waals surface area contributed by atoms with Crippen LogP contribution in [0.5, 0.6) is 0 Å². The summed E-state index contributed by atoms with van der Waals surface area (Å²) in [6.07, 6.45) is 0.823. The normalized spacial score (nSPS) is 19.3. The molecule has 1 saturated heterocycles. The van der Waals surface area contributed by atoms with Gasteiger partial charge in [0.1, 0.15) is 4.90 Å². The third-order valence-corrected chi connectivity index (χ3v) is 5.48. The van der Waals surface area contributed by atoms with Gasteiger partial charge in [0.25, 0.3) is 0 Å². The van der Waals surface area contributed by atoms with Crippen molar-refractivity contribution >= 4 is 27.3 Å². The number of benzene rings is 1. The van der Waals surface area contributed by atoms with Crippen molar-refractivity contribution in [3.63, 3.8) is 0 Å². The molecule has 1 aromatic rings. The lowest BCUT2D eigenvalue weighted by Gasteiger charge is -2.21. The van der Waals surface area contributed by atoms with Gasteiger partial charge in [0, 0.05) is 24.7 Å². The maximum Gasteiger partial charge on any atom is 0.245 e. The van der Waals surface area contributed by atoms with Crippen LogP contribution in [0.25, 0.3) is 0 Å². The van der Waals surface area contributed by atoms with E-state index in [4.69, 9.17) is 17.3 Å².